The smallest absolute Gasteiger partial charge is 0.342 e. The van der Waals surface area contributed by atoms with Gasteiger partial charge >= 0.3 is 11.8 Å². The summed E-state index contributed by atoms with van der Waals surface area (Å²) in [5.74, 6) is -5.32. The number of carbonyl (C=O) groups excluding carboxylic acids is 2. The molecule has 2 aromatic carbocycles. The van der Waals surface area contributed by atoms with Crippen LogP contribution in [0.4, 0.5) is 5.82 Å². The van der Waals surface area contributed by atoms with Gasteiger partial charge in [-0.25, -0.2) is 14.2 Å². The van der Waals surface area contributed by atoms with Crippen molar-refractivity contribution in [2.24, 2.45) is 18.9 Å². The number of carboxylic acid groups (broad SMARTS) is 1. The van der Waals surface area contributed by atoms with E-state index in [1.165, 1.54) is 9.25 Å². The Morgan fingerprint density at radius 1 is 1.04 bits per heavy atom. The molecule has 0 radical (unpaired) electrons. The molecule has 2 aliphatic heterocycles. The van der Waals surface area contributed by atoms with E-state index >= 15 is 0 Å². The number of likely N-dealkylation sites (tertiary alicyclic amines) is 1. The van der Waals surface area contributed by atoms with E-state index in [-0.39, 0.29) is 30.9 Å². The van der Waals surface area contributed by atoms with Gasteiger partial charge in [-0.1, -0.05) is 36.4 Å². The topological polar surface area (TPSA) is 190 Å². The Morgan fingerprint density at radius 3 is 2.46 bits per heavy atom. The second-order valence-electron chi connectivity index (χ2n) is 12.3. The van der Waals surface area contributed by atoms with Gasteiger partial charge in [-0.05, 0) is 35.6 Å². The third kappa shape index (κ3) is 4.41. The third-order valence-electron chi connectivity index (χ3n) is 9.95. The Hall–Kier alpha value is -5.83. The summed E-state index contributed by atoms with van der Waals surface area (Å²) >= 11 is 0. The number of amides is 2. The first-order valence-corrected chi connectivity index (χ1v) is 15.4. The summed E-state index contributed by atoms with van der Waals surface area (Å²) < 4.78 is 4.38. The summed E-state index contributed by atoms with van der Waals surface area (Å²) in [6.45, 7) is 2.92. The maximum absolute atomic E-state index is 14.4. The second kappa shape index (κ2) is 11.2. The average Bonchev–Trinajstić information content (AvgIpc) is 3.84. The van der Waals surface area contributed by atoms with Crippen LogP contribution >= 0.6 is 0 Å². The number of carboxylic acids is 1. The van der Waals surface area contributed by atoms with Crippen molar-refractivity contribution in [3.8, 4) is 5.69 Å². The van der Waals surface area contributed by atoms with Gasteiger partial charge in [0.05, 0.1) is 35.7 Å². The molecule has 7 rings (SSSR count). The van der Waals surface area contributed by atoms with Crippen LogP contribution in [-0.2, 0) is 34.4 Å². The van der Waals surface area contributed by atoms with Gasteiger partial charge in [0.2, 0.25) is 11.8 Å². The summed E-state index contributed by atoms with van der Waals surface area (Å²) in [5.41, 5.74) is 0.218. The SMILES string of the molecule is Cc1ncc([N+](=O)[O-])n1CCN1C(=O)C2C(c3c(C)n(C)n(-c4ccccc4)c3=O)NC(Cc3c[nH]c4ccccc34)(C(=O)O)C2C1=O. The Bertz CT molecular complexity index is 2200. The first-order valence-electron chi connectivity index (χ1n) is 15.4. The number of hydrogen-bond donors (Lipinski definition) is 3. The predicted molar refractivity (Wildman–Crippen MR) is 171 cm³/mol. The van der Waals surface area contributed by atoms with Gasteiger partial charge in [0.1, 0.15) is 18.3 Å². The quantitative estimate of drug-likeness (QED) is 0.122. The minimum atomic E-state index is -1.98. The Morgan fingerprint density at radius 2 is 1.75 bits per heavy atom. The lowest BCUT2D eigenvalue weighted by atomic mass is 9.76. The molecule has 0 aliphatic carbocycles. The Labute approximate surface area is 272 Å². The Balaban J connectivity index is 1.36. The fourth-order valence-corrected chi connectivity index (χ4v) is 7.57. The number of imide groups is 1. The van der Waals surface area contributed by atoms with Crippen LogP contribution < -0.4 is 10.9 Å². The molecule has 2 amide bonds. The molecule has 15 heteroatoms. The van der Waals surface area contributed by atoms with Crippen molar-refractivity contribution in [3.05, 3.63) is 110 Å². The molecule has 0 spiro atoms. The zero-order valence-corrected chi connectivity index (χ0v) is 26.3. The lowest BCUT2D eigenvalue weighted by Gasteiger charge is -2.31. The lowest BCUT2D eigenvalue weighted by molar-refractivity contribution is -0.392. The van der Waals surface area contributed by atoms with Gasteiger partial charge in [-0.15, -0.1) is 0 Å². The fraction of sp³-hybridized carbons (Fsp3) is 0.303. The molecule has 3 aromatic heterocycles. The molecule has 5 heterocycles. The number of nitrogens with one attached hydrogen (secondary N) is 2. The van der Waals surface area contributed by atoms with E-state index in [9.17, 15) is 34.4 Å². The van der Waals surface area contributed by atoms with Gasteiger partial charge in [0.15, 0.2) is 5.82 Å². The summed E-state index contributed by atoms with van der Waals surface area (Å²) in [4.78, 5) is 75.6. The molecule has 2 fully saturated rings. The highest BCUT2D eigenvalue weighted by molar-refractivity contribution is 6.09. The molecular weight excluding hydrogens is 620 g/mol. The molecule has 48 heavy (non-hydrogen) atoms. The number of aromatic nitrogens is 5. The third-order valence-corrected chi connectivity index (χ3v) is 9.95. The van der Waals surface area contributed by atoms with Crippen LogP contribution in [0.5, 0.6) is 0 Å². The molecular formula is C33H32N8O7. The van der Waals surface area contributed by atoms with E-state index in [1.54, 1.807) is 56.0 Å². The molecule has 0 bridgehead atoms. The predicted octanol–water partition coefficient (Wildman–Crippen LogP) is 2.39. The van der Waals surface area contributed by atoms with Gasteiger partial charge in [0, 0.05) is 43.2 Å². The highest BCUT2D eigenvalue weighted by Crippen LogP contribution is 2.50. The fourth-order valence-electron chi connectivity index (χ4n) is 7.57. The molecule has 4 unspecified atom stereocenters. The minimum Gasteiger partial charge on any atom is -0.480 e. The number of aromatic amines is 1. The van der Waals surface area contributed by atoms with Crippen molar-refractivity contribution in [2.45, 2.75) is 38.4 Å². The standard InChI is InChI=1S/C33H32N8O7/c1-18-25(30(43)40(37(18)3)21-9-5-4-6-10-21)28-26-27(31(44)39(29(26)42)14-13-38-19(2)34-17-24(38)41(47)48)33(36-28,32(45)46)15-20-16-35-23-12-8-7-11-22(20)23/h4-12,16-17,26-28,35-36H,13-15H2,1-3H3,(H,45,46). The zero-order chi connectivity index (χ0) is 34.1. The van der Waals surface area contributed by atoms with Gasteiger partial charge < -0.3 is 20.2 Å². The number of carbonyl (C=O) groups is 3. The number of nitro groups is 1. The largest absolute Gasteiger partial charge is 0.480 e. The van der Waals surface area contributed by atoms with Gasteiger partial charge in [-0.3, -0.25) is 34.1 Å². The number of para-hydroxylation sites is 2. The van der Waals surface area contributed by atoms with E-state index in [0.29, 0.717) is 22.8 Å². The van der Waals surface area contributed by atoms with Crippen molar-refractivity contribution in [1.29, 1.82) is 0 Å². The van der Waals surface area contributed by atoms with Crippen LogP contribution in [0.15, 0.2) is 71.8 Å². The number of imidazole rings is 1. The number of H-pyrrole nitrogens is 1. The summed E-state index contributed by atoms with van der Waals surface area (Å²) in [7, 11) is 1.70. The normalized spacial score (nSPS) is 22.1. The lowest BCUT2D eigenvalue weighted by Crippen LogP contribution is -2.57. The van der Waals surface area contributed by atoms with Crippen molar-refractivity contribution in [1.82, 2.24) is 34.1 Å². The molecule has 3 N–H and O–H groups in total. The first kappa shape index (κ1) is 30.8. The van der Waals surface area contributed by atoms with Crippen molar-refractivity contribution in [2.75, 3.05) is 6.54 Å². The molecule has 5 aromatic rings. The number of nitrogens with zero attached hydrogens (tertiary/aromatic N) is 6. The van der Waals surface area contributed by atoms with Crippen LogP contribution in [0.2, 0.25) is 0 Å². The highest BCUT2D eigenvalue weighted by atomic mass is 16.6. The first-order chi connectivity index (χ1) is 23.0. The zero-order valence-electron chi connectivity index (χ0n) is 26.3. The number of aryl methyl sites for hydroxylation is 1. The van der Waals surface area contributed by atoms with Crippen LogP contribution in [0.25, 0.3) is 16.6 Å². The van der Waals surface area contributed by atoms with Crippen LogP contribution in [0.3, 0.4) is 0 Å². The average molecular weight is 653 g/mol. The Kier molecular flexibility index (Phi) is 7.16. The van der Waals surface area contributed by atoms with Crippen LogP contribution in [-0.4, -0.2) is 68.7 Å². The maximum Gasteiger partial charge on any atom is 0.342 e. The summed E-state index contributed by atoms with van der Waals surface area (Å²) in [5, 5.41) is 26.5. The van der Waals surface area contributed by atoms with Crippen molar-refractivity contribution in [3.63, 3.8) is 0 Å². The van der Waals surface area contributed by atoms with E-state index in [0.717, 1.165) is 22.0 Å². The molecule has 15 nitrogen and oxygen atoms in total. The van der Waals surface area contributed by atoms with E-state index in [4.69, 9.17) is 0 Å². The van der Waals surface area contributed by atoms with Crippen molar-refractivity contribution >= 4 is 34.5 Å². The number of aliphatic carboxylic acids is 1. The van der Waals surface area contributed by atoms with E-state index < -0.39 is 51.7 Å². The maximum atomic E-state index is 14.4. The molecule has 2 aliphatic rings. The monoisotopic (exact) mass is 652 g/mol. The van der Waals surface area contributed by atoms with E-state index in [1.807, 2.05) is 30.3 Å². The van der Waals surface area contributed by atoms with Gasteiger partial charge in [-0.2, -0.15) is 0 Å². The van der Waals surface area contributed by atoms with E-state index in [2.05, 4.69) is 15.3 Å². The minimum absolute atomic E-state index is 0.120. The second-order valence-corrected chi connectivity index (χ2v) is 12.3. The number of benzene rings is 2. The molecule has 0 saturated carbocycles. The summed E-state index contributed by atoms with van der Waals surface area (Å²) in [6, 6.07) is 15.1. The van der Waals surface area contributed by atoms with Gasteiger partial charge in [0.25, 0.3) is 5.56 Å². The van der Waals surface area contributed by atoms with Crippen molar-refractivity contribution < 1.29 is 24.4 Å². The number of fused-ring (bicyclic) bond motifs is 2. The molecule has 4 atom stereocenters. The molecule has 246 valence electrons. The van der Waals surface area contributed by atoms with Crippen LogP contribution in [0, 0.1) is 35.8 Å². The number of rotatable bonds is 9. The highest BCUT2D eigenvalue weighted by Gasteiger charge is 2.69. The number of hydrogen-bond acceptors (Lipinski definition) is 8. The summed E-state index contributed by atoms with van der Waals surface area (Å²) in [6.07, 6.45) is 2.63. The molecule has 2 saturated heterocycles. The van der Waals surface area contributed by atoms with Crippen LogP contribution in [0.1, 0.15) is 28.7 Å².